The lowest BCUT2D eigenvalue weighted by Crippen LogP contribution is -2.08. The van der Waals surface area contributed by atoms with Gasteiger partial charge >= 0.3 is 5.97 Å². The quantitative estimate of drug-likeness (QED) is 0.125. The van der Waals surface area contributed by atoms with Crippen molar-refractivity contribution in [3.8, 4) is 11.5 Å². The molecule has 0 spiro atoms. The number of esters is 1. The van der Waals surface area contributed by atoms with Crippen LogP contribution in [0.1, 0.15) is 114 Å². The standard InChI is InChI=1S/C31H46O3/c1-4-6-8-13-25-33-29-21-23-30(24-22-29)34-31(32)28-19-17-27(18-20-28)16-12-10-9-11-15-26(3)14-7-5-2/h17-24,26H,4-16,25H2,1-3H3. The Morgan fingerprint density at radius 2 is 1.32 bits per heavy atom. The number of hydrogen-bond acceptors (Lipinski definition) is 3. The lowest BCUT2D eigenvalue weighted by Gasteiger charge is -2.10. The molecule has 0 aromatic heterocycles. The topological polar surface area (TPSA) is 35.5 Å². The molecule has 0 amide bonds. The van der Waals surface area contributed by atoms with E-state index in [-0.39, 0.29) is 5.97 Å². The number of carbonyl (C=O) groups excluding carboxylic acids is 1. The van der Waals surface area contributed by atoms with Gasteiger partial charge in [0.05, 0.1) is 12.2 Å². The molecule has 188 valence electrons. The van der Waals surface area contributed by atoms with Crippen molar-refractivity contribution in [2.45, 2.75) is 104 Å². The van der Waals surface area contributed by atoms with Gasteiger partial charge < -0.3 is 9.47 Å². The number of benzene rings is 2. The Labute approximate surface area is 208 Å². The van der Waals surface area contributed by atoms with Crippen molar-refractivity contribution in [3.63, 3.8) is 0 Å². The second-order valence-electron chi connectivity index (χ2n) is 9.67. The fraction of sp³-hybridized carbons (Fsp3) is 0.581. The average molecular weight is 467 g/mol. The molecule has 3 nitrogen and oxygen atoms in total. The highest BCUT2D eigenvalue weighted by molar-refractivity contribution is 5.91. The molecule has 0 radical (unpaired) electrons. The molecule has 2 rings (SSSR count). The van der Waals surface area contributed by atoms with Gasteiger partial charge in [-0.05, 0) is 67.1 Å². The first kappa shape index (κ1) is 28.0. The van der Waals surface area contributed by atoms with E-state index in [1.165, 1.54) is 76.2 Å². The third kappa shape index (κ3) is 11.7. The molecular formula is C31H46O3. The van der Waals surface area contributed by atoms with E-state index in [1.807, 2.05) is 24.3 Å². The van der Waals surface area contributed by atoms with E-state index in [4.69, 9.17) is 9.47 Å². The number of hydrogen-bond donors (Lipinski definition) is 0. The molecule has 1 unspecified atom stereocenters. The summed E-state index contributed by atoms with van der Waals surface area (Å²) >= 11 is 0. The Bertz CT molecular complexity index is 779. The van der Waals surface area contributed by atoms with E-state index in [0.717, 1.165) is 31.1 Å². The number of carbonyl (C=O) groups is 1. The fourth-order valence-electron chi connectivity index (χ4n) is 4.17. The lowest BCUT2D eigenvalue weighted by molar-refractivity contribution is 0.0734. The third-order valence-corrected chi connectivity index (χ3v) is 6.45. The van der Waals surface area contributed by atoms with Crippen molar-refractivity contribution in [1.82, 2.24) is 0 Å². The van der Waals surface area contributed by atoms with Gasteiger partial charge in [0.1, 0.15) is 11.5 Å². The van der Waals surface area contributed by atoms with Crippen molar-refractivity contribution >= 4 is 5.97 Å². The Hall–Kier alpha value is -2.29. The zero-order valence-electron chi connectivity index (χ0n) is 21.8. The van der Waals surface area contributed by atoms with Crippen LogP contribution in [0.4, 0.5) is 0 Å². The molecule has 2 aromatic rings. The molecule has 1 atom stereocenters. The Balaban J connectivity index is 1.64. The Morgan fingerprint density at radius 3 is 2.03 bits per heavy atom. The second-order valence-corrected chi connectivity index (χ2v) is 9.67. The van der Waals surface area contributed by atoms with Crippen molar-refractivity contribution in [3.05, 3.63) is 59.7 Å². The molecular weight excluding hydrogens is 420 g/mol. The van der Waals surface area contributed by atoms with Crippen LogP contribution in [0.3, 0.4) is 0 Å². The van der Waals surface area contributed by atoms with Crippen LogP contribution < -0.4 is 9.47 Å². The third-order valence-electron chi connectivity index (χ3n) is 6.45. The van der Waals surface area contributed by atoms with Gasteiger partial charge in [-0.25, -0.2) is 4.79 Å². The monoisotopic (exact) mass is 466 g/mol. The van der Waals surface area contributed by atoms with Gasteiger partial charge in [-0.2, -0.15) is 0 Å². The average Bonchev–Trinajstić information content (AvgIpc) is 2.86. The summed E-state index contributed by atoms with van der Waals surface area (Å²) in [6.45, 7) is 7.59. The van der Waals surface area contributed by atoms with E-state index in [9.17, 15) is 4.79 Å². The number of ether oxygens (including phenoxy) is 2. The normalized spacial score (nSPS) is 11.9. The maximum Gasteiger partial charge on any atom is 0.343 e. The van der Waals surface area contributed by atoms with Crippen LogP contribution in [-0.4, -0.2) is 12.6 Å². The largest absolute Gasteiger partial charge is 0.494 e. The number of aryl methyl sites for hydroxylation is 1. The summed E-state index contributed by atoms with van der Waals surface area (Å²) in [5, 5.41) is 0. The van der Waals surface area contributed by atoms with Gasteiger partial charge in [-0.3, -0.25) is 0 Å². The molecule has 34 heavy (non-hydrogen) atoms. The van der Waals surface area contributed by atoms with E-state index < -0.39 is 0 Å². The highest BCUT2D eigenvalue weighted by Crippen LogP contribution is 2.20. The lowest BCUT2D eigenvalue weighted by atomic mass is 9.96. The fourth-order valence-corrected chi connectivity index (χ4v) is 4.17. The van der Waals surface area contributed by atoms with Crippen molar-refractivity contribution in [1.29, 1.82) is 0 Å². The van der Waals surface area contributed by atoms with Gasteiger partial charge in [0.2, 0.25) is 0 Å². The van der Waals surface area contributed by atoms with Crippen LogP contribution >= 0.6 is 0 Å². The first-order chi connectivity index (χ1) is 16.6. The van der Waals surface area contributed by atoms with Gasteiger partial charge in [0.25, 0.3) is 0 Å². The molecule has 0 aliphatic carbocycles. The minimum absolute atomic E-state index is 0.322. The van der Waals surface area contributed by atoms with Crippen molar-refractivity contribution in [2.24, 2.45) is 5.92 Å². The smallest absolute Gasteiger partial charge is 0.343 e. The first-order valence-corrected chi connectivity index (χ1v) is 13.7. The summed E-state index contributed by atoms with van der Waals surface area (Å²) in [6, 6.07) is 15.2. The first-order valence-electron chi connectivity index (χ1n) is 13.7. The van der Waals surface area contributed by atoms with E-state index >= 15 is 0 Å². The summed E-state index contributed by atoms with van der Waals surface area (Å²) < 4.78 is 11.3. The maximum atomic E-state index is 12.5. The SMILES string of the molecule is CCCCCCOc1ccc(OC(=O)c2ccc(CCCCCCC(C)CCCC)cc2)cc1. The van der Waals surface area contributed by atoms with Gasteiger partial charge in [0, 0.05) is 0 Å². The predicted molar refractivity (Wildman–Crippen MR) is 143 cm³/mol. The van der Waals surface area contributed by atoms with Crippen LogP contribution in [0.15, 0.2) is 48.5 Å². The van der Waals surface area contributed by atoms with Crippen LogP contribution in [-0.2, 0) is 6.42 Å². The van der Waals surface area contributed by atoms with Crippen LogP contribution in [0.5, 0.6) is 11.5 Å². The highest BCUT2D eigenvalue weighted by atomic mass is 16.5. The maximum absolute atomic E-state index is 12.5. The Kier molecular flexibility index (Phi) is 14.1. The number of unbranched alkanes of at least 4 members (excludes halogenated alkanes) is 7. The molecule has 0 saturated carbocycles. The second kappa shape index (κ2) is 17.2. The van der Waals surface area contributed by atoms with Crippen LogP contribution in [0.25, 0.3) is 0 Å². The molecule has 0 bridgehead atoms. The molecule has 0 aliphatic rings. The summed E-state index contributed by atoms with van der Waals surface area (Å²) in [4.78, 5) is 12.5. The van der Waals surface area contributed by atoms with E-state index in [2.05, 4.69) is 32.9 Å². The summed E-state index contributed by atoms with van der Waals surface area (Å²) in [5.74, 6) is 1.90. The van der Waals surface area contributed by atoms with Crippen molar-refractivity contribution in [2.75, 3.05) is 6.61 Å². The molecule has 0 saturated heterocycles. The Morgan fingerprint density at radius 1 is 0.706 bits per heavy atom. The van der Waals surface area contributed by atoms with Crippen LogP contribution in [0.2, 0.25) is 0 Å². The van der Waals surface area contributed by atoms with Crippen molar-refractivity contribution < 1.29 is 14.3 Å². The molecule has 0 fully saturated rings. The minimum Gasteiger partial charge on any atom is -0.494 e. The van der Waals surface area contributed by atoms with Gasteiger partial charge in [-0.1, -0.05) is 97.1 Å². The van der Waals surface area contributed by atoms with E-state index in [1.54, 1.807) is 12.1 Å². The predicted octanol–water partition coefficient (Wildman–Crippen LogP) is 9.18. The molecule has 0 heterocycles. The summed E-state index contributed by atoms with van der Waals surface area (Å²) in [6.07, 6.45) is 16.4. The minimum atomic E-state index is -0.322. The van der Waals surface area contributed by atoms with Gasteiger partial charge in [0.15, 0.2) is 0 Å². The molecule has 2 aromatic carbocycles. The molecule has 0 aliphatic heterocycles. The zero-order valence-corrected chi connectivity index (χ0v) is 21.8. The molecule has 0 N–H and O–H groups in total. The number of rotatable bonds is 18. The van der Waals surface area contributed by atoms with Crippen LogP contribution in [0, 0.1) is 5.92 Å². The van der Waals surface area contributed by atoms with Gasteiger partial charge in [-0.15, -0.1) is 0 Å². The highest BCUT2D eigenvalue weighted by Gasteiger charge is 2.09. The zero-order chi connectivity index (χ0) is 24.4. The molecule has 3 heteroatoms. The van der Waals surface area contributed by atoms with E-state index in [0.29, 0.717) is 11.3 Å². The summed E-state index contributed by atoms with van der Waals surface area (Å²) in [5.41, 5.74) is 1.87. The summed E-state index contributed by atoms with van der Waals surface area (Å²) in [7, 11) is 0.